The van der Waals surface area contributed by atoms with Crippen molar-refractivity contribution < 1.29 is 64.1 Å². The number of aliphatic hydroxyl groups excluding tert-OH is 9. The highest BCUT2D eigenvalue weighted by atomic mass is 31.2. The normalized spacial score (nSPS) is 24.7. The Balaban J connectivity index is 5.83. The lowest BCUT2D eigenvalue weighted by atomic mass is 10.1. The van der Waals surface area contributed by atoms with E-state index < -0.39 is 81.4 Å². The summed E-state index contributed by atoms with van der Waals surface area (Å²) in [7, 11) is -5.22. The summed E-state index contributed by atoms with van der Waals surface area (Å²) in [4.78, 5) is 0. The molecular formula is C18H42N3O13P. The second kappa shape index (κ2) is 15.8. The molecule has 0 aliphatic heterocycles. The van der Waals surface area contributed by atoms with Gasteiger partial charge in [-0.1, -0.05) is 20.8 Å². The highest BCUT2D eigenvalue weighted by molar-refractivity contribution is 7.48. The molecule has 15 N–H and O–H groups in total. The SMILES string of the molecule is CC[C@@H](O)[C@H](O)C(O)C(N)OP(=O)(OC(N)C(O)[C@@H](O)[C@H](O)CC)OC(N)C(O)[C@@H](O)[C@H](O)CC. The van der Waals surface area contributed by atoms with Crippen LogP contribution in [0.5, 0.6) is 0 Å². The minimum atomic E-state index is -5.22. The van der Waals surface area contributed by atoms with Crippen LogP contribution in [0.2, 0.25) is 0 Å². The maximum Gasteiger partial charge on any atom is 0.479 e. The molecule has 0 bridgehead atoms. The quantitative estimate of drug-likeness (QED) is 0.0576. The van der Waals surface area contributed by atoms with Crippen molar-refractivity contribution in [3.63, 3.8) is 0 Å². The molecule has 0 saturated heterocycles. The van der Waals surface area contributed by atoms with Crippen LogP contribution in [-0.2, 0) is 18.1 Å². The minimum absolute atomic E-state index is 0.000965. The van der Waals surface area contributed by atoms with E-state index in [0.717, 1.165) is 0 Å². The second-order valence-corrected chi connectivity index (χ2v) is 9.55. The van der Waals surface area contributed by atoms with Crippen molar-refractivity contribution in [1.82, 2.24) is 0 Å². The van der Waals surface area contributed by atoms with Gasteiger partial charge in [0.25, 0.3) is 0 Å². The van der Waals surface area contributed by atoms with E-state index in [-0.39, 0.29) is 19.3 Å². The van der Waals surface area contributed by atoms with Gasteiger partial charge in [-0.05, 0) is 19.3 Å². The van der Waals surface area contributed by atoms with Gasteiger partial charge in [0.1, 0.15) is 55.3 Å². The van der Waals surface area contributed by atoms with Gasteiger partial charge >= 0.3 is 7.82 Å². The van der Waals surface area contributed by atoms with Crippen LogP contribution in [0.1, 0.15) is 40.0 Å². The van der Waals surface area contributed by atoms with Crippen LogP contribution in [0.25, 0.3) is 0 Å². The third kappa shape index (κ3) is 10.5. The topological polar surface area (TPSA) is 305 Å². The molecule has 0 rings (SSSR count). The van der Waals surface area contributed by atoms with Gasteiger partial charge in [0.2, 0.25) is 0 Å². The molecule has 35 heavy (non-hydrogen) atoms. The predicted octanol–water partition coefficient (Wildman–Crippen LogP) is -4.52. The number of hydrogen-bond acceptors (Lipinski definition) is 16. The van der Waals surface area contributed by atoms with Crippen molar-refractivity contribution in [2.24, 2.45) is 17.2 Å². The van der Waals surface area contributed by atoms with Gasteiger partial charge in [-0.3, -0.25) is 13.6 Å². The molecule has 0 aromatic rings. The van der Waals surface area contributed by atoms with Gasteiger partial charge < -0.3 is 63.2 Å². The molecule has 0 fully saturated rings. The molecule has 0 aliphatic carbocycles. The highest BCUT2D eigenvalue weighted by Gasteiger charge is 2.44. The molecule has 0 aliphatic rings. The lowest BCUT2D eigenvalue weighted by Gasteiger charge is -2.34. The fourth-order valence-corrected chi connectivity index (χ4v) is 4.12. The van der Waals surface area contributed by atoms with Crippen LogP contribution in [0.3, 0.4) is 0 Å². The smallest absolute Gasteiger partial charge is 0.390 e. The molecule has 6 unspecified atom stereocenters. The largest absolute Gasteiger partial charge is 0.479 e. The molecule has 17 heteroatoms. The average molecular weight is 540 g/mol. The fourth-order valence-electron chi connectivity index (χ4n) is 2.70. The number of phosphoric acid groups is 1. The number of rotatable bonds is 18. The summed E-state index contributed by atoms with van der Waals surface area (Å²) in [5.74, 6) is 0. The summed E-state index contributed by atoms with van der Waals surface area (Å²) in [6.45, 7) is 4.45. The Hall–Kier alpha value is -0.370. The molecule has 0 aromatic carbocycles. The molecule has 0 aromatic heterocycles. The summed E-state index contributed by atoms with van der Waals surface area (Å²) in [5.41, 5.74) is 16.8. The zero-order valence-corrected chi connectivity index (χ0v) is 20.8. The Morgan fingerprint density at radius 1 is 0.514 bits per heavy atom. The lowest BCUT2D eigenvalue weighted by molar-refractivity contribution is -0.131. The van der Waals surface area contributed by atoms with E-state index in [1.165, 1.54) is 20.8 Å². The van der Waals surface area contributed by atoms with Crippen LogP contribution in [0.15, 0.2) is 0 Å². The number of nitrogens with two attached hydrogens (primary N) is 3. The molecule has 16 nitrogen and oxygen atoms in total. The van der Waals surface area contributed by atoms with Gasteiger partial charge in [0, 0.05) is 0 Å². The maximum absolute atomic E-state index is 13.3. The Kier molecular flexibility index (Phi) is 15.6. The second-order valence-electron chi connectivity index (χ2n) is 8.03. The van der Waals surface area contributed by atoms with Crippen molar-refractivity contribution in [2.75, 3.05) is 0 Å². The van der Waals surface area contributed by atoms with Crippen LogP contribution in [0, 0.1) is 0 Å². The van der Waals surface area contributed by atoms with Crippen molar-refractivity contribution in [2.45, 2.75) is 114 Å². The predicted molar refractivity (Wildman–Crippen MR) is 120 cm³/mol. The molecule has 0 saturated carbocycles. The molecule has 0 spiro atoms. The van der Waals surface area contributed by atoms with E-state index in [1.807, 2.05) is 0 Å². The number of hydrogen-bond donors (Lipinski definition) is 12. The summed E-state index contributed by atoms with van der Waals surface area (Å²) in [6.07, 6.45) is -22.4. The van der Waals surface area contributed by atoms with Crippen molar-refractivity contribution in [3.05, 3.63) is 0 Å². The van der Waals surface area contributed by atoms with Crippen molar-refractivity contribution >= 4 is 7.82 Å². The third-order valence-corrected chi connectivity index (χ3v) is 6.75. The molecule has 0 heterocycles. The average Bonchev–Trinajstić information content (AvgIpc) is 2.83. The summed E-state index contributed by atoms with van der Waals surface area (Å²) in [5, 5.41) is 89.2. The Labute approximate surface area is 203 Å². The van der Waals surface area contributed by atoms with E-state index >= 15 is 0 Å². The first-order valence-electron chi connectivity index (χ1n) is 11.1. The van der Waals surface area contributed by atoms with E-state index in [2.05, 4.69) is 0 Å². The summed E-state index contributed by atoms with van der Waals surface area (Å²) < 4.78 is 27.9. The maximum atomic E-state index is 13.3. The van der Waals surface area contributed by atoms with Crippen LogP contribution >= 0.6 is 7.82 Å². The van der Waals surface area contributed by atoms with E-state index in [4.69, 9.17) is 30.8 Å². The van der Waals surface area contributed by atoms with Crippen molar-refractivity contribution in [1.29, 1.82) is 0 Å². The van der Waals surface area contributed by atoms with Gasteiger partial charge in [0.05, 0.1) is 18.3 Å². The van der Waals surface area contributed by atoms with E-state index in [9.17, 15) is 50.5 Å². The van der Waals surface area contributed by atoms with Crippen LogP contribution in [0.4, 0.5) is 0 Å². The van der Waals surface area contributed by atoms with Crippen LogP contribution in [-0.4, -0.2) is 120 Å². The van der Waals surface area contributed by atoms with E-state index in [1.54, 1.807) is 0 Å². The first-order valence-corrected chi connectivity index (χ1v) is 12.6. The standard InChI is InChI=1S/C18H42N3O13P/c1-4-7(22)10(25)13(28)16(19)32-35(31,33-17(20)14(29)11(26)8(23)5-2)34-18(21)15(30)12(27)9(24)6-3/h7-18,22-30H,4-6,19-21H2,1-3H3/t7-,8-,9-,10+,11+,12+,13?,14?,15?,16?,17?,18?,35?/m1/s1. The first kappa shape index (κ1) is 34.6. The zero-order valence-electron chi connectivity index (χ0n) is 19.9. The molecular weight excluding hydrogens is 497 g/mol. The van der Waals surface area contributed by atoms with Crippen molar-refractivity contribution in [3.8, 4) is 0 Å². The number of phosphoric ester groups is 1. The van der Waals surface area contributed by atoms with Gasteiger partial charge in [-0.25, -0.2) is 4.57 Å². The van der Waals surface area contributed by atoms with E-state index in [0.29, 0.717) is 0 Å². The molecule has 0 radical (unpaired) electrons. The van der Waals surface area contributed by atoms with Crippen LogP contribution < -0.4 is 17.2 Å². The molecule has 12 atom stereocenters. The zero-order chi connectivity index (χ0) is 27.7. The van der Waals surface area contributed by atoms with Gasteiger partial charge in [-0.2, -0.15) is 0 Å². The molecule has 212 valence electrons. The first-order chi connectivity index (χ1) is 16.1. The number of aliphatic hydroxyl groups is 9. The summed E-state index contributed by atoms with van der Waals surface area (Å²) >= 11 is 0. The fraction of sp³-hybridized carbons (Fsp3) is 1.00. The monoisotopic (exact) mass is 539 g/mol. The molecule has 0 amide bonds. The Bertz CT molecular complexity index is 558. The Morgan fingerprint density at radius 3 is 0.886 bits per heavy atom. The highest BCUT2D eigenvalue weighted by Crippen LogP contribution is 2.52. The van der Waals surface area contributed by atoms with Gasteiger partial charge in [-0.15, -0.1) is 0 Å². The minimum Gasteiger partial charge on any atom is -0.390 e. The van der Waals surface area contributed by atoms with Gasteiger partial charge in [0.15, 0.2) is 0 Å². The lowest BCUT2D eigenvalue weighted by Crippen LogP contribution is -2.52. The summed E-state index contributed by atoms with van der Waals surface area (Å²) in [6, 6.07) is 0. The Morgan fingerprint density at radius 2 is 0.714 bits per heavy atom. The third-order valence-electron chi connectivity index (χ3n) is 5.25.